The van der Waals surface area contributed by atoms with Crippen LogP contribution in [0.5, 0.6) is 0 Å². The molecule has 5 nitrogen and oxygen atoms in total. The van der Waals surface area contributed by atoms with E-state index in [0.717, 1.165) is 0 Å². The van der Waals surface area contributed by atoms with Gasteiger partial charge in [-0.25, -0.2) is 4.98 Å². The molecule has 0 radical (unpaired) electrons. The van der Waals surface area contributed by atoms with Gasteiger partial charge in [0.15, 0.2) is 0 Å². The van der Waals surface area contributed by atoms with E-state index in [4.69, 9.17) is 0 Å². The second-order valence-electron chi connectivity index (χ2n) is 5.23. The van der Waals surface area contributed by atoms with Crippen molar-refractivity contribution in [2.75, 3.05) is 14.1 Å². The maximum Gasteiger partial charge on any atom is 0.254 e. The Morgan fingerprint density at radius 3 is 2.55 bits per heavy atom. The first-order valence-corrected chi connectivity index (χ1v) is 7.24. The van der Waals surface area contributed by atoms with Gasteiger partial charge in [0.1, 0.15) is 10.6 Å². The van der Waals surface area contributed by atoms with Gasteiger partial charge in [0.25, 0.3) is 5.91 Å². The van der Waals surface area contributed by atoms with Gasteiger partial charge in [-0.05, 0) is 40.4 Å². The molecule has 0 fully saturated rings. The van der Waals surface area contributed by atoms with E-state index < -0.39 is 6.04 Å². The molecule has 0 bridgehead atoms. The maximum atomic E-state index is 12.2. The molecule has 0 aliphatic carbocycles. The first-order chi connectivity index (χ1) is 9.32. The lowest BCUT2D eigenvalue weighted by Gasteiger charge is -2.23. The summed E-state index contributed by atoms with van der Waals surface area (Å²) in [6, 6.07) is 2.83. The van der Waals surface area contributed by atoms with Crippen LogP contribution in [-0.4, -0.2) is 41.8 Å². The van der Waals surface area contributed by atoms with E-state index in [2.05, 4.69) is 26.2 Å². The molecule has 1 rings (SSSR count). The fraction of sp³-hybridized carbons (Fsp3) is 0.500. The highest BCUT2D eigenvalue weighted by Gasteiger charge is 2.24. The van der Waals surface area contributed by atoms with Gasteiger partial charge < -0.3 is 10.2 Å². The van der Waals surface area contributed by atoms with Crippen LogP contribution in [0.2, 0.25) is 0 Å². The third-order valence-electron chi connectivity index (χ3n) is 2.76. The van der Waals surface area contributed by atoms with E-state index in [-0.39, 0.29) is 11.8 Å². The van der Waals surface area contributed by atoms with Gasteiger partial charge in [-0.3, -0.25) is 9.59 Å². The molecule has 1 aromatic rings. The smallest absolute Gasteiger partial charge is 0.254 e. The third kappa shape index (κ3) is 4.59. The molecule has 0 spiro atoms. The Kier molecular flexibility index (Phi) is 6.13. The van der Waals surface area contributed by atoms with Crippen molar-refractivity contribution < 1.29 is 9.59 Å². The summed E-state index contributed by atoms with van der Waals surface area (Å²) in [4.78, 5) is 29.8. The number of nitrogens with zero attached hydrogens (tertiary/aromatic N) is 2. The number of carbonyl (C=O) groups excluding carboxylic acids is 2. The van der Waals surface area contributed by atoms with Crippen LogP contribution < -0.4 is 5.32 Å². The molecule has 110 valence electrons. The fourth-order valence-electron chi connectivity index (χ4n) is 1.80. The second kappa shape index (κ2) is 7.38. The molecule has 1 heterocycles. The molecule has 0 saturated carbocycles. The van der Waals surface area contributed by atoms with Crippen molar-refractivity contribution in [3.63, 3.8) is 0 Å². The lowest BCUT2D eigenvalue weighted by Crippen LogP contribution is -2.47. The van der Waals surface area contributed by atoms with Gasteiger partial charge in [-0.2, -0.15) is 0 Å². The Morgan fingerprint density at radius 1 is 1.40 bits per heavy atom. The summed E-state index contributed by atoms with van der Waals surface area (Å²) < 4.78 is 0.470. The zero-order valence-corrected chi connectivity index (χ0v) is 13.8. The number of likely N-dealkylation sites (N-methyl/N-ethyl adjacent to an activating group) is 1. The Hall–Kier alpha value is -1.43. The van der Waals surface area contributed by atoms with E-state index in [9.17, 15) is 9.59 Å². The van der Waals surface area contributed by atoms with Crippen LogP contribution >= 0.6 is 15.9 Å². The minimum absolute atomic E-state index is 0.105. The summed E-state index contributed by atoms with van der Waals surface area (Å²) in [7, 11) is 3.36. The first-order valence-electron chi connectivity index (χ1n) is 6.45. The highest BCUT2D eigenvalue weighted by atomic mass is 79.9. The van der Waals surface area contributed by atoms with Gasteiger partial charge in [0, 0.05) is 20.3 Å². The van der Waals surface area contributed by atoms with Crippen LogP contribution in [0.4, 0.5) is 0 Å². The van der Waals surface area contributed by atoms with E-state index in [1.807, 2.05) is 13.8 Å². The van der Waals surface area contributed by atoms with E-state index in [0.29, 0.717) is 22.5 Å². The largest absolute Gasteiger partial charge is 0.347 e. The highest BCUT2D eigenvalue weighted by molar-refractivity contribution is 9.10. The number of hydrogen-bond acceptors (Lipinski definition) is 3. The SMILES string of the molecule is CC(C)CC(NC(=O)c1cccnc1Br)C(=O)N(C)C. The summed E-state index contributed by atoms with van der Waals surface area (Å²) in [5.74, 6) is -0.0978. The fourth-order valence-corrected chi connectivity index (χ4v) is 2.23. The molecule has 0 aliphatic rings. The van der Waals surface area contributed by atoms with Crippen molar-refractivity contribution >= 4 is 27.7 Å². The zero-order valence-electron chi connectivity index (χ0n) is 12.2. The summed E-state index contributed by atoms with van der Waals surface area (Å²) >= 11 is 3.24. The Bertz CT molecular complexity index is 489. The number of halogens is 1. The number of aromatic nitrogens is 1. The molecule has 0 aromatic carbocycles. The first kappa shape index (κ1) is 16.6. The van der Waals surface area contributed by atoms with Crippen molar-refractivity contribution in [3.8, 4) is 0 Å². The number of carbonyl (C=O) groups is 2. The van der Waals surface area contributed by atoms with E-state index >= 15 is 0 Å². The topological polar surface area (TPSA) is 62.3 Å². The van der Waals surface area contributed by atoms with Crippen molar-refractivity contribution in [1.29, 1.82) is 0 Å². The standard InChI is InChI=1S/C14H20BrN3O2/c1-9(2)8-11(14(20)18(3)4)17-13(19)10-6-5-7-16-12(10)15/h5-7,9,11H,8H2,1-4H3,(H,17,19). The van der Waals surface area contributed by atoms with Crippen molar-refractivity contribution in [2.45, 2.75) is 26.3 Å². The average molecular weight is 342 g/mol. The number of hydrogen-bond donors (Lipinski definition) is 1. The van der Waals surface area contributed by atoms with Gasteiger partial charge >= 0.3 is 0 Å². The Balaban J connectivity index is 2.87. The molecule has 2 amide bonds. The number of rotatable bonds is 5. The molecule has 1 aromatic heterocycles. The summed E-state index contributed by atoms with van der Waals surface area (Å²) in [5, 5.41) is 2.79. The molecule has 0 saturated heterocycles. The molecule has 0 aliphatic heterocycles. The molecule has 1 N–H and O–H groups in total. The van der Waals surface area contributed by atoms with Crippen molar-refractivity contribution in [2.24, 2.45) is 5.92 Å². The van der Waals surface area contributed by atoms with Crippen molar-refractivity contribution in [1.82, 2.24) is 15.2 Å². The molecule has 1 unspecified atom stereocenters. The van der Waals surface area contributed by atoms with Crippen LogP contribution in [0, 0.1) is 5.92 Å². The van der Waals surface area contributed by atoms with Gasteiger partial charge in [-0.1, -0.05) is 13.8 Å². The third-order valence-corrected chi connectivity index (χ3v) is 3.39. The summed E-state index contributed by atoms with van der Waals surface area (Å²) in [5.41, 5.74) is 0.424. The van der Waals surface area contributed by atoms with Gasteiger partial charge in [-0.15, -0.1) is 0 Å². The normalized spacial score (nSPS) is 12.1. The lowest BCUT2D eigenvalue weighted by molar-refractivity contribution is -0.131. The van der Waals surface area contributed by atoms with Crippen LogP contribution in [0.3, 0.4) is 0 Å². The van der Waals surface area contributed by atoms with Crippen molar-refractivity contribution in [3.05, 3.63) is 28.5 Å². The Morgan fingerprint density at radius 2 is 2.05 bits per heavy atom. The van der Waals surface area contributed by atoms with Crippen LogP contribution in [-0.2, 0) is 4.79 Å². The predicted molar refractivity (Wildman–Crippen MR) is 81.3 cm³/mol. The summed E-state index contributed by atoms with van der Waals surface area (Å²) in [6.07, 6.45) is 2.19. The van der Waals surface area contributed by atoms with Crippen LogP contribution in [0.15, 0.2) is 22.9 Å². The Labute approximate surface area is 127 Å². The van der Waals surface area contributed by atoms with Gasteiger partial charge in [0.05, 0.1) is 5.56 Å². The number of amides is 2. The molecule has 20 heavy (non-hydrogen) atoms. The monoisotopic (exact) mass is 341 g/mol. The minimum atomic E-state index is -0.524. The molecular formula is C14H20BrN3O2. The molecular weight excluding hydrogens is 322 g/mol. The summed E-state index contributed by atoms with van der Waals surface area (Å²) in [6.45, 7) is 4.03. The van der Waals surface area contributed by atoms with Gasteiger partial charge in [0.2, 0.25) is 5.91 Å². The zero-order chi connectivity index (χ0) is 15.3. The second-order valence-corrected chi connectivity index (χ2v) is 5.98. The van der Waals surface area contributed by atoms with Crippen LogP contribution in [0.25, 0.3) is 0 Å². The quantitative estimate of drug-likeness (QED) is 0.834. The van der Waals surface area contributed by atoms with Crippen LogP contribution in [0.1, 0.15) is 30.6 Å². The molecule has 1 atom stereocenters. The average Bonchev–Trinajstić information content (AvgIpc) is 2.36. The lowest BCUT2D eigenvalue weighted by atomic mass is 10.0. The number of pyridine rings is 1. The number of nitrogens with one attached hydrogen (secondary N) is 1. The van der Waals surface area contributed by atoms with E-state index in [1.54, 1.807) is 32.4 Å². The predicted octanol–water partition coefficient (Wildman–Crippen LogP) is 2.08. The maximum absolute atomic E-state index is 12.2. The highest BCUT2D eigenvalue weighted by Crippen LogP contribution is 2.14. The van der Waals surface area contributed by atoms with E-state index in [1.165, 1.54) is 4.90 Å². The minimum Gasteiger partial charge on any atom is -0.347 e. The molecule has 6 heteroatoms.